The van der Waals surface area contributed by atoms with Crippen LogP contribution in [0.25, 0.3) is 0 Å². The van der Waals surface area contributed by atoms with Crippen molar-refractivity contribution in [3.63, 3.8) is 0 Å². The van der Waals surface area contributed by atoms with E-state index in [0.29, 0.717) is 19.1 Å². The number of hydrogen-bond donors (Lipinski definition) is 1. The van der Waals surface area contributed by atoms with Crippen LogP contribution in [0, 0.1) is 0 Å². The first-order valence-electron chi connectivity index (χ1n) is 7.27. The number of aromatic nitrogens is 2. The number of morpholine rings is 1. The molecule has 0 spiro atoms. The highest BCUT2D eigenvalue weighted by Gasteiger charge is 2.25. The summed E-state index contributed by atoms with van der Waals surface area (Å²) in [7, 11) is 7.08. The first kappa shape index (κ1) is 19.7. The lowest BCUT2D eigenvalue weighted by Gasteiger charge is -2.34. The van der Waals surface area contributed by atoms with E-state index in [-0.39, 0.29) is 42.5 Å². The number of nitrogens with zero attached hydrogens (tertiary/aromatic N) is 5. The minimum absolute atomic E-state index is 0. The van der Waals surface area contributed by atoms with Gasteiger partial charge in [0.05, 0.1) is 25.9 Å². The molecule has 1 fully saturated rings. The van der Waals surface area contributed by atoms with Crippen LogP contribution in [-0.2, 0) is 16.6 Å². The highest BCUT2D eigenvalue weighted by molar-refractivity contribution is 14.0. The van der Waals surface area contributed by atoms with Crippen molar-refractivity contribution in [1.29, 1.82) is 0 Å². The van der Waals surface area contributed by atoms with E-state index >= 15 is 0 Å². The predicted octanol–water partition coefficient (Wildman–Crippen LogP) is 0.0750. The van der Waals surface area contributed by atoms with Gasteiger partial charge >= 0.3 is 0 Å². The summed E-state index contributed by atoms with van der Waals surface area (Å²) in [5, 5.41) is 7.29. The summed E-state index contributed by atoms with van der Waals surface area (Å²) >= 11 is 0. The van der Waals surface area contributed by atoms with Gasteiger partial charge in [0.2, 0.25) is 5.91 Å². The van der Waals surface area contributed by atoms with Crippen molar-refractivity contribution < 1.29 is 9.53 Å². The summed E-state index contributed by atoms with van der Waals surface area (Å²) in [6.45, 7) is 2.27. The maximum Gasteiger partial charge on any atom is 0.241 e. The second-order valence-electron chi connectivity index (χ2n) is 5.44. The topological polar surface area (TPSA) is 75.0 Å². The third kappa shape index (κ3) is 5.34. The monoisotopic (exact) mass is 436 g/mol. The van der Waals surface area contributed by atoms with Crippen molar-refractivity contribution in [2.24, 2.45) is 12.0 Å². The first-order valence-corrected chi connectivity index (χ1v) is 7.27. The normalized spacial score (nSPS) is 18.3. The lowest BCUT2D eigenvalue weighted by atomic mass is 10.1. The minimum Gasteiger partial charge on any atom is -0.370 e. The fourth-order valence-corrected chi connectivity index (χ4v) is 2.29. The Hall–Kier alpha value is -1.36. The zero-order valence-corrected chi connectivity index (χ0v) is 16.4. The van der Waals surface area contributed by atoms with Crippen molar-refractivity contribution in [3.05, 3.63) is 18.0 Å². The van der Waals surface area contributed by atoms with E-state index in [4.69, 9.17) is 4.74 Å². The summed E-state index contributed by atoms with van der Waals surface area (Å²) in [5.74, 6) is 0.727. The molecule has 1 N–H and O–H groups in total. The van der Waals surface area contributed by atoms with Gasteiger partial charge in [-0.3, -0.25) is 14.5 Å². The molecule has 0 aliphatic carbocycles. The molecule has 23 heavy (non-hydrogen) atoms. The number of nitrogens with one attached hydrogen (secondary N) is 1. The number of likely N-dealkylation sites (N-methyl/N-ethyl adjacent to an activating group) is 1. The SMILES string of the molecule is CN=C(NCC(=O)N(C)C)N1CCOC(c2cnn(C)c2)C1.I. The zero-order chi connectivity index (χ0) is 16.1. The molecule has 130 valence electrons. The molecule has 0 aromatic carbocycles. The zero-order valence-electron chi connectivity index (χ0n) is 14.0. The van der Waals surface area contributed by atoms with E-state index in [1.807, 2.05) is 19.4 Å². The second kappa shape index (κ2) is 9.06. The van der Waals surface area contributed by atoms with Crippen LogP contribution in [0.5, 0.6) is 0 Å². The van der Waals surface area contributed by atoms with Crippen molar-refractivity contribution >= 4 is 35.8 Å². The third-order valence-electron chi connectivity index (χ3n) is 3.57. The van der Waals surface area contributed by atoms with Gasteiger partial charge in [0.15, 0.2) is 5.96 Å². The summed E-state index contributed by atoms with van der Waals surface area (Å²) in [5.41, 5.74) is 1.05. The van der Waals surface area contributed by atoms with Gasteiger partial charge in [0, 0.05) is 46.5 Å². The minimum atomic E-state index is -0.0365. The molecule has 0 saturated carbocycles. The van der Waals surface area contributed by atoms with Crippen LogP contribution >= 0.6 is 24.0 Å². The highest BCUT2D eigenvalue weighted by Crippen LogP contribution is 2.21. The molecule has 1 saturated heterocycles. The molecule has 1 aromatic heterocycles. The Kier molecular flexibility index (Phi) is 7.76. The number of aliphatic imine (C=N–C) groups is 1. The Morgan fingerprint density at radius 2 is 2.30 bits per heavy atom. The smallest absolute Gasteiger partial charge is 0.241 e. The predicted molar refractivity (Wildman–Crippen MR) is 98.9 cm³/mol. The Morgan fingerprint density at radius 1 is 1.57 bits per heavy atom. The van der Waals surface area contributed by atoms with Gasteiger partial charge in [-0.25, -0.2) is 0 Å². The molecule has 9 heteroatoms. The van der Waals surface area contributed by atoms with Crippen molar-refractivity contribution in [2.45, 2.75) is 6.10 Å². The van der Waals surface area contributed by atoms with Crippen molar-refractivity contribution in [1.82, 2.24) is 24.9 Å². The van der Waals surface area contributed by atoms with E-state index in [0.717, 1.165) is 12.1 Å². The molecule has 0 bridgehead atoms. The van der Waals surface area contributed by atoms with Crippen LogP contribution in [0.4, 0.5) is 0 Å². The number of carbonyl (C=O) groups is 1. The van der Waals surface area contributed by atoms with Gasteiger partial charge in [-0.2, -0.15) is 5.10 Å². The number of aryl methyl sites for hydroxylation is 1. The summed E-state index contributed by atoms with van der Waals surface area (Å²) < 4.78 is 7.58. The van der Waals surface area contributed by atoms with E-state index in [2.05, 4.69) is 20.3 Å². The average molecular weight is 436 g/mol. The Bertz CT molecular complexity index is 545. The van der Waals surface area contributed by atoms with Crippen LogP contribution in [-0.4, -0.2) is 78.8 Å². The number of ether oxygens (including phenoxy) is 1. The maximum absolute atomic E-state index is 11.7. The molecule has 2 rings (SSSR count). The third-order valence-corrected chi connectivity index (χ3v) is 3.57. The average Bonchev–Trinajstić information content (AvgIpc) is 2.94. The van der Waals surface area contributed by atoms with Crippen LogP contribution in [0.15, 0.2) is 17.4 Å². The molecule has 1 amide bonds. The molecule has 1 aliphatic heterocycles. The second-order valence-corrected chi connectivity index (χ2v) is 5.44. The van der Waals surface area contributed by atoms with Gasteiger partial charge in [-0.15, -0.1) is 24.0 Å². The fraction of sp³-hybridized carbons (Fsp3) is 0.643. The molecular formula is C14H25IN6O2. The molecule has 1 aliphatic rings. The van der Waals surface area contributed by atoms with E-state index < -0.39 is 0 Å². The lowest BCUT2D eigenvalue weighted by molar-refractivity contribution is -0.127. The van der Waals surface area contributed by atoms with Crippen LogP contribution < -0.4 is 5.32 Å². The molecule has 8 nitrogen and oxygen atoms in total. The summed E-state index contributed by atoms with van der Waals surface area (Å²) in [6.07, 6.45) is 3.74. The number of guanidine groups is 1. The van der Waals surface area contributed by atoms with Gasteiger partial charge < -0.3 is 19.9 Å². The van der Waals surface area contributed by atoms with Crippen LogP contribution in [0.1, 0.15) is 11.7 Å². The van der Waals surface area contributed by atoms with E-state index in [1.165, 1.54) is 0 Å². The highest BCUT2D eigenvalue weighted by atomic mass is 127. The lowest BCUT2D eigenvalue weighted by Crippen LogP contribution is -2.50. The van der Waals surface area contributed by atoms with Crippen LogP contribution in [0.2, 0.25) is 0 Å². The molecular weight excluding hydrogens is 411 g/mol. The number of hydrogen-bond acceptors (Lipinski definition) is 4. The summed E-state index contributed by atoms with van der Waals surface area (Å²) in [6, 6.07) is 0. The maximum atomic E-state index is 11.7. The van der Waals surface area contributed by atoms with Gasteiger partial charge in [-0.1, -0.05) is 0 Å². The Balaban J connectivity index is 0.00000264. The Morgan fingerprint density at radius 3 is 2.87 bits per heavy atom. The van der Waals surface area contributed by atoms with E-state index in [1.54, 1.807) is 30.7 Å². The molecule has 2 heterocycles. The number of carbonyl (C=O) groups excluding carboxylic acids is 1. The number of rotatable bonds is 3. The Labute approximate surface area is 153 Å². The number of halogens is 1. The van der Waals surface area contributed by atoms with Crippen molar-refractivity contribution in [2.75, 3.05) is 47.4 Å². The van der Waals surface area contributed by atoms with Crippen molar-refractivity contribution in [3.8, 4) is 0 Å². The molecule has 0 radical (unpaired) electrons. The van der Waals surface area contributed by atoms with Gasteiger partial charge in [-0.05, 0) is 0 Å². The number of amides is 1. The molecule has 1 atom stereocenters. The van der Waals surface area contributed by atoms with E-state index in [9.17, 15) is 4.79 Å². The van der Waals surface area contributed by atoms with Crippen LogP contribution in [0.3, 0.4) is 0 Å². The molecule has 1 aromatic rings. The first-order chi connectivity index (χ1) is 10.5. The largest absolute Gasteiger partial charge is 0.370 e. The fourth-order valence-electron chi connectivity index (χ4n) is 2.29. The van der Waals surface area contributed by atoms with Gasteiger partial charge in [0.1, 0.15) is 6.10 Å². The summed E-state index contributed by atoms with van der Waals surface area (Å²) in [4.78, 5) is 19.6. The van der Waals surface area contributed by atoms with Gasteiger partial charge in [0.25, 0.3) is 0 Å². The quantitative estimate of drug-likeness (QED) is 0.413. The molecule has 1 unspecified atom stereocenters. The standard InChI is InChI=1S/C14H24N6O2.HI/c1-15-14(16-8-13(21)18(2)3)20-5-6-22-12(10-20)11-7-17-19(4)9-11;/h7,9,12H,5-6,8,10H2,1-4H3,(H,15,16);1H.